The molecule has 3 N–H and O–H groups in total. The third-order valence-corrected chi connectivity index (χ3v) is 7.66. The Morgan fingerprint density at radius 1 is 1.24 bits per heavy atom. The third-order valence-electron chi connectivity index (χ3n) is 6.49. The SMILES string of the molecule is CCC(C)(C)[C@H]1CCc2c(sc(NC(=O)C3CCCC3)c2C(N)=O)C1. The minimum Gasteiger partial charge on any atom is -0.365 e. The summed E-state index contributed by atoms with van der Waals surface area (Å²) in [6, 6.07) is 0. The standard InChI is InChI=1S/C20H30N2O2S/c1-4-20(2,3)13-9-10-14-15(11-13)25-19(16(14)17(21)23)22-18(24)12-7-5-6-8-12/h12-13H,4-11H2,1-3H3,(H2,21,23)(H,22,24)/t13-/m0/s1. The summed E-state index contributed by atoms with van der Waals surface area (Å²) in [6.45, 7) is 6.90. The number of nitrogens with two attached hydrogens (primary N) is 1. The van der Waals surface area contributed by atoms with Crippen molar-refractivity contribution in [2.24, 2.45) is 23.0 Å². The summed E-state index contributed by atoms with van der Waals surface area (Å²) in [5.41, 5.74) is 7.62. The van der Waals surface area contributed by atoms with E-state index in [0.29, 0.717) is 21.9 Å². The largest absolute Gasteiger partial charge is 0.365 e. The van der Waals surface area contributed by atoms with Crippen molar-refractivity contribution in [1.82, 2.24) is 0 Å². The molecule has 0 bridgehead atoms. The number of hydrogen-bond donors (Lipinski definition) is 2. The van der Waals surface area contributed by atoms with Crippen LogP contribution in [-0.2, 0) is 17.6 Å². The second-order valence-corrected chi connectivity index (χ2v) is 9.43. The van der Waals surface area contributed by atoms with Crippen molar-refractivity contribution < 1.29 is 9.59 Å². The van der Waals surface area contributed by atoms with E-state index < -0.39 is 5.91 Å². The maximum atomic E-state index is 12.5. The van der Waals surface area contributed by atoms with E-state index in [4.69, 9.17) is 5.73 Å². The smallest absolute Gasteiger partial charge is 0.251 e. The van der Waals surface area contributed by atoms with E-state index in [9.17, 15) is 9.59 Å². The summed E-state index contributed by atoms with van der Waals surface area (Å²) < 4.78 is 0. The zero-order valence-electron chi connectivity index (χ0n) is 15.6. The molecule has 0 aliphatic heterocycles. The van der Waals surface area contributed by atoms with Gasteiger partial charge in [0.2, 0.25) is 5.91 Å². The molecule has 1 atom stereocenters. The molecule has 0 aromatic carbocycles. The Kier molecular flexibility index (Phi) is 5.24. The Hall–Kier alpha value is -1.36. The first kappa shape index (κ1) is 18.4. The fourth-order valence-corrected chi connectivity index (χ4v) is 5.63. The van der Waals surface area contributed by atoms with Crippen LogP contribution in [0.15, 0.2) is 0 Å². The molecule has 1 fully saturated rings. The van der Waals surface area contributed by atoms with Crippen LogP contribution in [0.3, 0.4) is 0 Å². The number of amides is 2. The zero-order valence-corrected chi connectivity index (χ0v) is 16.4. The number of primary amides is 1. The van der Waals surface area contributed by atoms with Gasteiger partial charge < -0.3 is 11.1 Å². The van der Waals surface area contributed by atoms with Gasteiger partial charge in [0.15, 0.2) is 0 Å². The number of nitrogens with one attached hydrogen (secondary N) is 1. The summed E-state index contributed by atoms with van der Waals surface area (Å²) >= 11 is 1.57. The normalized spacial score (nSPS) is 21.2. The summed E-state index contributed by atoms with van der Waals surface area (Å²) in [5, 5.41) is 3.72. The van der Waals surface area contributed by atoms with Crippen LogP contribution in [0, 0.1) is 17.3 Å². The Balaban J connectivity index is 1.85. The van der Waals surface area contributed by atoms with Gasteiger partial charge in [-0.15, -0.1) is 11.3 Å². The van der Waals surface area contributed by atoms with Crippen molar-refractivity contribution in [2.75, 3.05) is 5.32 Å². The lowest BCUT2D eigenvalue weighted by Crippen LogP contribution is -2.29. The number of carbonyl (C=O) groups is 2. The maximum absolute atomic E-state index is 12.5. The zero-order chi connectivity index (χ0) is 18.2. The van der Waals surface area contributed by atoms with E-state index >= 15 is 0 Å². The molecule has 4 nitrogen and oxygen atoms in total. The molecule has 0 spiro atoms. The molecule has 1 aromatic heterocycles. The number of anilines is 1. The fraction of sp³-hybridized carbons (Fsp3) is 0.700. The van der Waals surface area contributed by atoms with Crippen LogP contribution >= 0.6 is 11.3 Å². The molecule has 2 aliphatic rings. The molecule has 138 valence electrons. The van der Waals surface area contributed by atoms with E-state index in [2.05, 4.69) is 26.1 Å². The van der Waals surface area contributed by atoms with Crippen molar-refractivity contribution in [3.8, 4) is 0 Å². The van der Waals surface area contributed by atoms with Gasteiger partial charge in [0, 0.05) is 10.8 Å². The van der Waals surface area contributed by atoms with Gasteiger partial charge in [-0.3, -0.25) is 9.59 Å². The highest BCUT2D eigenvalue weighted by atomic mass is 32.1. The van der Waals surface area contributed by atoms with E-state index in [1.54, 1.807) is 11.3 Å². The lowest BCUT2D eigenvalue weighted by atomic mass is 9.69. The average molecular weight is 363 g/mol. The van der Waals surface area contributed by atoms with Gasteiger partial charge in [-0.05, 0) is 49.0 Å². The highest BCUT2D eigenvalue weighted by Gasteiger charge is 2.35. The topological polar surface area (TPSA) is 72.2 Å². The van der Waals surface area contributed by atoms with Crippen molar-refractivity contribution in [3.63, 3.8) is 0 Å². The van der Waals surface area contributed by atoms with Crippen molar-refractivity contribution in [2.45, 2.75) is 72.1 Å². The molecule has 5 heteroatoms. The summed E-state index contributed by atoms with van der Waals surface area (Å²) in [4.78, 5) is 25.8. The van der Waals surface area contributed by atoms with Crippen LogP contribution in [0.25, 0.3) is 0 Å². The lowest BCUT2D eigenvalue weighted by Gasteiger charge is -2.36. The summed E-state index contributed by atoms with van der Waals surface area (Å²) in [5.74, 6) is 0.353. The van der Waals surface area contributed by atoms with E-state index in [1.165, 1.54) is 4.88 Å². The molecule has 3 rings (SSSR count). The predicted octanol–water partition coefficient (Wildman–Crippen LogP) is 4.52. The Bertz CT molecular complexity index is 671. The monoisotopic (exact) mass is 362 g/mol. The fourth-order valence-electron chi connectivity index (χ4n) is 4.29. The quantitative estimate of drug-likeness (QED) is 0.808. The molecule has 0 radical (unpaired) electrons. The molecule has 25 heavy (non-hydrogen) atoms. The van der Waals surface area contributed by atoms with E-state index in [-0.39, 0.29) is 11.8 Å². The van der Waals surface area contributed by atoms with Crippen LogP contribution in [-0.4, -0.2) is 11.8 Å². The highest BCUT2D eigenvalue weighted by molar-refractivity contribution is 7.17. The second-order valence-electron chi connectivity index (χ2n) is 8.32. The predicted molar refractivity (Wildman–Crippen MR) is 103 cm³/mol. The molecule has 2 aliphatic carbocycles. The molecule has 2 amide bonds. The van der Waals surface area contributed by atoms with Gasteiger partial charge in [-0.25, -0.2) is 0 Å². The number of carbonyl (C=O) groups excluding carboxylic acids is 2. The number of hydrogen-bond acceptors (Lipinski definition) is 3. The molecule has 0 saturated heterocycles. The van der Waals surface area contributed by atoms with Gasteiger partial charge in [-0.2, -0.15) is 0 Å². The highest BCUT2D eigenvalue weighted by Crippen LogP contribution is 2.45. The number of rotatable bonds is 5. The van der Waals surface area contributed by atoms with Crippen LogP contribution in [0.4, 0.5) is 5.00 Å². The number of fused-ring (bicyclic) bond motifs is 1. The molecule has 1 heterocycles. The van der Waals surface area contributed by atoms with Crippen LogP contribution in [0.1, 0.15) is 80.1 Å². The minimum atomic E-state index is -0.410. The van der Waals surface area contributed by atoms with Crippen molar-refractivity contribution in [3.05, 3.63) is 16.0 Å². The third kappa shape index (κ3) is 3.62. The van der Waals surface area contributed by atoms with Crippen LogP contribution in [0.2, 0.25) is 0 Å². The van der Waals surface area contributed by atoms with Gasteiger partial charge in [0.1, 0.15) is 5.00 Å². The summed E-state index contributed by atoms with van der Waals surface area (Å²) in [6.07, 6.45) is 8.25. The van der Waals surface area contributed by atoms with Gasteiger partial charge in [0.25, 0.3) is 5.91 Å². The first-order chi connectivity index (χ1) is 11.8. The van der Waals surface area contributed by atoms with Gasteiger partial charge >= 0.3 is 0 Å². The number of thiophene rings is 1. The van der Waals surface area contributed by atoms with Crippen LogP contribution < -0.4 is 11.1 Å². The average Bonchev–Trinajstić information content (AvgIpc) is 3.21. The molecular formula is C20H30N2O2S. The lowest BCUT2D eigenvalue weighted by molar-refractivity contribution is -0.119. The van der Waals surface area contributed by atoms with Gasteiger partial charge in [0.05, 0.1) is 5.56 Å². The van der Waals surface area contributed by atoms with E-state index in [1.807, 2.05) is 0 Å². The van der Waals surface area contributed by atoms with Gasteiger partial charge in [-0.1, -0.05) is 40.0 Å². The first-order valence-electron chi connectivity index (χ1n) is 9.58. The Morgan fingerprint density at radius 3 is 2.52 bits per heavy atom. The molecule has 1 aromatic rings. The summed E-state index contributed by atoms with van der Waals surface area (Å²) in [7, 11) is 0. The molecule has 1 saturated carbocycles. The van der Waals surface area contributed by atoms with Crippen molar-refractivity contribution in [1.29, 1.82) is 0 Å². The van der Waals surface area contributed by atoms with E-state index in [0.717, 1.165) is 56.9 Å². The maximum Gasteiger partial charge on any atom is 0.251 e. The minimum absolute atomic E-state index is 0.0593. The van der Waals surface area contributed by atoms with Crippen LogP contribution in [0.5, 0.6) is 0 Å². The Morgan fingerprint density at radius 2 is 1.92 bits per heavy atom. The second kappa shape index (κ2) is 7.10. The molecular weight excluding hydrogens is 332 g/mol. The first-order valence-corrected chi connectivity index (χ1v) is 10.4. The van der Waals surface area contributed by atoms with Crippen molar-refractivity contribution >= 4 is 28.2 Å². The Labute approximate surface area is 154 Å². The molecule has 0 unspecified atom stereocenters.